The minimum Gasteiger partial charge on any atom is -0.481 e. The summed E-state index contributed by atoms with van der Waals surface area (Å²) in [4.78, 5) is 11.2. The molecule has 3 aliphatic rings. The fraction of sp³-hybridized carbons (Fsp3) is 0.475. The molecule has 9 nitrogen and oxygen atoms in total. The van der Waals surface area contributed by atoms with Crippen molar-refractivity contribution < 1.29 is 38.2 Å². The Bertz CT molecular complexity index is 2540. The summed E-state index contributed by atoms with van der Waals surface area (Å²) in [5.41, 5.74) is 22.2. The molecule has 69 heavy (non-hydrogen) atoms. The van der Waals surface area contributed by atoms with Crippen molar-refractivity contribution in [3.63, 3.8) is 0 Å². The second kappa shape index (κ2) is 21.8. The van der Waals surface area contributed by atoms with Crippen molar-refractivity contribution in [3.8, 4) is 44.5 Å². The average molecular weight is 936 g/mol. The Morgan fingerprint density at radius 1 is 0.551 bits per heavy atom. The smallest absolute Gasteiger partial charge is 0.481 e. The number of methoxy groups -OCH3 is 2. The molecule has 366 valence electrons. The molecule has 0 aromatic heterocycles. The highest BCUT2D eigenvalue weighted by atomic mass is 16.7. The molecule has 0 radical (unpaired) electrons. The normalized spacial score (nSPS) is 18.0. The molecule has 0 spiro atoms. The van der Waals surface area contributed by atoms with Gasteiger partial charge in [0.05, 0.1) is 37.6 Å². The van der Waals surface area contributed by atoms with E-state index in [-0.39, 0.29) is 17.3 Å². The van der Waals surface area contributed by atoms with Gasteiger partial charge in [0.2, 0.25) is 0 Å². The van der Waals surface area contributed by atoms with Gasteiger partial charge in [0.1, 0.15) is 0 Å². The SMILES string of the molecule is COCCOCCCC1(CCCOCCOC)c2cc(-c3ccc(CCCC(=O)O)cc3)ccc2-c2ccc(-c3ccc4c(c3)C(C)(CCCCN)c3cc(B5OC(C)(C)C(C)(C)O5)ccc3-4)cc21. The van der Waals surface area contributed by atoms with Crippen LogP contribution >= 0.6 is 0 Å². The minimum absolute atomic E-state index is 0.173. The highest BCUT2D eigenvalue weighted by Gasteiger charge is 2.52. The van der Waals surface area contributed by atoms with E-state index in [2.05, 4.69) is 132 Å². The number of nitrogens with two attached hydrogens (primary N) is 1. The minimum atomic E-state index is -0.756. The number of hydrogen-bond acceptors (Lipinski definition) is 8. The monoisotopic (exact) mass is 936 g/mol. The Labute approximate surface area is 411 Å². The zero-order valence-electron chi connectivity index (χ0n) is 42.2. The summed E-state index contributed by atoms with van der Waals surface area (Å²) in [6, 6.07) is 36.8. The summed E-state index contributed by atoms with van der Waals surface area (Å²) in [5, 5.41) is 9.19. The topological polar surface area (TPSA) is 119 Å². The van der Waals surface area contributed by atoms with Crippen molar-refractivity contribution >= 4 is 18.6 Å². The van der Waals surface area contributed by atoms with Gasteiger partial charge in [-0.3, -0.25) is 4.79 Å². The van der Waals surface area contributed by atoms with Crippen LogP contribution in [0.3, 0.4) is 0 Å². The van der Waals surface area contributed by atoms with E-state index >= 15 is 0 Å². The second-order valence-electron chi connectivity index (χ2n) is 20.7. The molecule has 1 saturated heterocycles. The summed E-state index contributed by atoms with van der Waals surface area (Å²) in [7, 11) is 2.99. The van der Waals surface area contributed by atoms with Crippen molar-refractivity contribution in [3.05, 3.63) is 125 Å². The molecule has 2 aliphatic carbocycles. The largest absolute Gasteiger partial charge is 0.494 e. The van der Waals surface area contributed by atoms with Crippen molar-refractivity contribution in [2.75, 3.05) is 60.4 Å². The van der Waals surface area contributed by atoms with Crippen LogP contribution in [-0.4, -0.2) is 89.8 Å². The Hall–Kier alpha value is -4.65. The first-order valence-corrected chi connectivity index (χ1v) is 25.3. The standard InChI is InChI=1S/C59H74BNO8/c1-56(2)57(3,4)69-60(68-56)46-22-26-48-47-23-20-44(37-51(47)58(5,52(48)40-46)27-8-9-30-61)45-21-25-50-49-24-19-43(42-17-15-41(16-18-42)13-10-14-55(62)63)38-53(49)59(54(50)39-45,28-11-31-66-35-33-64-6)29-12-32-67-36-34-65-7/h15-26,37-40H,8-14,27-36,61H2,1-7H3,(H,62,63). The molecule has 10 heteroatoms. The van der Waals surface area contributed by atoms with E-state index in [4.69, 9.17) is 34.0 Å². The molecule has 0 amide bonds. The Morgan fingerprint density at radius 2 is 1.03 bits per heavy atom. The van der Waals surface area contributed by atoms with Gasteiger partial charge in [-0.25, -0.2) is 0 Å². The molecule has 1 unspecified atom stereocenters. The maximum Gasteiger partial charge on any atom is 0.494 e. The van der Waals surface area contributed by atoms with Crippen molar-refractivity contribution in [1.29, 1.82) is 0 Å². The lowest BCUT2D eigenvalue weighted by Crippen LogP contribution is -2.41. The molecule has 1 heterocycles. The van der Waals surface area contributed by atoms with Crippen molar-refractivity contribution in [2.45, 2.75) is 121 Å². The number of rotatable bonds is 25. The fourth-order valence-corrected chi connectivity index (χ4v) is 11.1. The molecular weight excluding hydrogens is 861 g/mol. The lowest BCUT2D eigenvalue weighted by Gasteiger charge is -2.33. The van der Waals surface area contributed by atoms with E-state index < -0.39 is 24.3 Å². The summed E-state index contributed by atoms with van der Waals surface area (Å²) < 4.78 is 36.0. The molecule has 0 saturated carbocycles. The summed E-state index contributed by atoms with van der Waals surface area (Å²) in [5.74, 6) is -0.756. The number of ether oxygens (including phenoxy) is 4. The predicted octanol–water partition coefficient (Wildman–Crippen LogP) is 11.3. The lowest BCUT2D eigenvalue weighted by atomic mass is 9.70. The lowest BCUT2D eigenvalue weighted by molar-refractivity contribution is -0.137. The Balaban J connectivity index is 1.18. The number of aryl methyl sites for hydroxylation is 1. The van der Waals surface area contributed by atoms with Gasteiger partial charge in [0, 0.05) is 44.7 Å². The molecule has 1 fully saturated rings. The van der Waals surface area contributed by atoms with E-state index in [0.29, 0.717) is 52.6 Å². The third-order valence-corrected chi connectivity index (χ3v) is 15.7. The van der Waals surface area contributed by atoms with Crippen LogP contribution in [0.25, 0.3) is 44.5 Å². The third-order valence-electron chi connectivity index (χ3n) is 15.7. The Morgan fingerprint density at radius 3 is 1.55 bits per heavy atom. The van der Waals surface area contributed by atoms with E-state index in [0.717, 1.165) is 68.0 Å². The highest BCUT2D eigenvalue weighted by molar-refractivity contribution is 6.62. The number of carboxylic acid groups (broad SMARTS) is 1. The highest BCUT2D eigenvalue weighted by Crippen LogP contribution is 2.57. The number of carboxylic acids is 1. The zero-order valence-corrected chi connectivity index (χ0v) is 42.2. The maximum atomic E-state index is 11.2. The number of unbranched alkanes of at least 4 members (excludes halogenated alkanes) is 1. The molecule has 1 atom stereocenters. The van der Waals surface area contributed by atoms with Crippen molar-refractivity contribution in [2.24, 2.45) is 5.73 Å². The summed E-state index contributed by atoms with van der Waals surface area (Å²) in [6.07, 6.45) is 8.12. The van der Waals surface area contributed by atoms with Crippen LogP contribution in [0.4, 0.5) is 0 Å². The third kappa shape index (κ3) is 10.5. The van der Waals surface area contributed by atoms with Gasteiger partial charge in [-0.15, -0.1) is 0 Å². The number of hydrogen-bond donors (Lipinski definition) is 2. The summed E-state index contributed by atoms with van der Waals surface area (Å²) >= 11 is 0. The maximum absolute atomic E-state index is 11.2. The van der Waals surface area contributed by atoms with Gasteiger partial charge in [-0.05, 0) is 182 Å². The van der Waals surface area contributed by atoms with Crippen LogP contribution in [0, 0.1) is 0 Å². The van der Waals surface area contributed by atoms with Crippen LogP contribution in [0.1, 0.15) is 120 Å². The molecule has 1 aliphatic heterocycles. The van der Waals surface area contributed by atoms with Crippen molar-refractivity contribution in [1.82, 2.24) is 0 Å². The van der Waals surface area contributed by atoms with E-state index in [9.17, 15) is 9.90 Å². The first-order chi connectivity index (χ1) is 33.2. The number of fused-ring (bicyclic) bond motifs is 6. The van der Waals surface area contributed by atoms with Gasteiger partial charge < -0.3 is 39.1 Å². The van der Waals surface area contributed by atoms with Crippen LogP contribution in [0.5, 0.6) is 0 Å². The van der Waals surface area contributed by atoms with Crippen LogP contribution in [0.2, 0.25) is 0 Å². The molecular formula is C59H74BNO8. The number of aliphatic carboxylic acids is 1. The van der Waals surface area contributed by atoms with E-state index in [1.54, 1.807) is 14.2 Å². The first-order valence-electron chi connectivity index (χ1n) is 25.3. The average Bonchev–Trinajstić information content (AvgIpc) is 3.85. The zero-order chi connectivity index (χ0) is 48.8. The van der Waals surface area contributed by atoms with Crippen LogP contribution in [-0.2, 0) is 50.3 Å². The van der Waals surface area contributed by atoms with Gasteiger partial charge in [0.25, 0.3) is 0 Å². The molecule has 5 aromatic rings. The predicted molar refractivity (Wildman–Crippen MR) is 278 cm³/mol. The summed E-state index contributed by atoms with van der Waals surface area (Å²) in [6.45, 7) is 15.1. The van der Waals surface area contributed by atoms with Crippen LogP contribution < -0.4 is 11.2 Å². The second-order valence-corrected chi connectivity index (χ2v) is 20.7. The number of benzene rings is 5. The van der Waals surface area contributed by atoms with Crippen LogP contribution in [0.15, 0.2) is 97.1 Å². The quantitative estimate of drug-likeness (QED) is 0.0435. The number of carbonyl (C=O) groups is 1. The molecule has 3 N–H and O–H groups in total. The van der Waals surface area contributed by atoms with Gasteiger partial charge >= 0.3 is 13.1 Å². The molecule has 8 rings (SSSR count). The first kappa shape index (κ1) is 50.7. The van der Waals surface area contributed by atoms with E-state index in [1.165, 1.54) is 61.2 Å². The van der Waals surface area contributed by atoms with Gasteiger partial charge in [-0.1, -0.05) is 92.2 Å². The Kier molecular flexibility index (Phi) is 16.0. The molecule has 5 aromatic carbocycles. The van der Waals surface area contributed by atoms with E-state index in [1.807, 2.05) is 0 Å². The van der Waals surface area contributed by atoms with Gasteiger partial charge in [0.15, 0.2) is 0 Å². The molecule has 0 bridgehead atoms. The fourth-order valence-electron chi connectivity index (χ4n) is 11.1. The van der Waals surface area contributed by atoms with Gasteiger partial charge in [-0.2, -0.15) is 0 Å².